The molecule has 0 radical (unpaired) electrons. The van der Waals surface area contributed by atoms with E-state index in [0.717, 1.165) is 70.6 Å². The summed E-state index contributed by atoms with van der Waals surface area (Å²) in [7, 11) is -8.97. The first-order chi connectivity index (χ1) is 22.4. The summed E-state index contributed by atoms with van der Waals surface area (Å²) in [5.41, 5.74) is 0. The fourth-order valence-corrected chi connectivity index (χ4v) is 5.83. The van der Waals surface area contributed by atoms with Crippen LogP contribution in [0.5, 0.6) is 0 Å². The second-order valence-corrected chi connectivity index (χ2v) is 15.0. The molecule has 0 rings (SSSR count). The van der Waals surface area contributed by atoms with Crippen LogP contribution in [0, 0.1) is 0 Å². The molecule has 0 aromatic heterocycles. The van der Waals surface area contributed by atoms with Crippen molar-refractivity contribution in [3.05, 3.63) is 0 Å². The van der Waals surface area contributed by atoms with Crippen molar-refractivity contribution in [2.24, 2.45) is 0 Å². The van der Waals surface area contributed by atoms with Crippen LogP contribution >= 0.6 is 0 Å². The molecule has 14 heteroatoms. The minimum atomic E-state index is -4.73. The molecule has 1 unspecified atom stereocenters. The van der Waals surface area contributed by atoms with E-state index in [1.807, 2.05) is 0 Å². The molecule has 0 heterocycles. The number of carbonyl (C=O) groups is 2. The van der Waals surface area contributed by atoms with Crippen molar-refractivity contribution < 1.29 is 49.2 Å². The van der Waals surface area contributed by atoms with Crippen molar-refractivity contribution in [3.63, 3.8) is 0 Å². The van der Waals surface area contributed by atoms with Crippen LogP contribution < -0.4 is 0 Å². The van der Waals surface area contributed by atoms with Gasteiger partial charge in [0, 0.05) is 0 Å². The van der Waals surface area contributed by atoms with Crippen LogP contribution in [0.4, 0.5) is 0 Å². The minimum absolute atomic E-state index is 0. The molecule has 0 aliphatic carbocycles. The summed E-state index contributed by atoms with van der Waals surface area (Å²) in [4.78, 5) is 23.8. The molecule has 0 amide bonds. The third-order valence-corrected chi connectivity index (χ3v) is 9.25. The zero-order valence-electron chi connectivity index (χ0n) is 29.8. The van der Waals surface area contributed by atoms with Crippen LogP contribution in [0.1, 0.15) is 181 Å². The van der Waals surface area contributed by atoms with Crippen molar-refractivity contribution in [1.82, 2.24) is 0 Å². The maximum atomic E-state index is 12.0. The van der Waals surface area contributed by atoms with E-state index in [-0.39, 0.29) is 49.4 Å². The van der Waals surface area contributed by atoms with Gasteiger partial charge in [0.15, 0.2) is 5.25 Å². The number of hydrogen-bond acceptors (Lipinski definition) is 9. The molecular formula is C34H69NaO11S2. The van der Waals surface area contributed by atoms with Gasteiger partial charge < -0.3 is 9.47 Å². The van der Waals surface area contributed by atoms with Gasteiger partial charge in [-0.25, -0.2) is 4.18 Å². The first-order valence-electron chi connectivity index (χ1n) is 18.3. The summed E-state index contributed by atoms with van der Waals surface area (Å²) >= 11 is 0. The Balaban J connectivity index is -0.000000887. The quantitative estimate of drug-likeness (QED) is 0.0294. The Kier molecular flexibility index (Phi) is 39.6. The average molecular weight is 741 g/mol. The van der Waals surface area contributed by atoms with E-state index in [2.05, 4.69) is 25.0 Å². The molecule has 48 heavy (non-hydrogen) atoms. The van der Waals surface area contributed by atoms with Crippen LogP contribution in [0.15, 0.2) is 0 Å². The molecule has 0 aliphatic rings. The normalized spacial score (nSPS) is 12.0. The van der Waals surface area contributed by atoms with Gasteiger partial charge in [-0.3, -0.25) is 18.7 Å². The molecule has 0 spiro atoms. The summed E-state index contributed by atoms with van der Waals surface area (Å²) in [6.45, 7) is 6.83. The van der Waals surface area contributed by atoms with Gasteiger partial charge in [-0.15, -0.1) is 0 Å². The maximum absolute atomic E-state index is 12.0. The molecular weight excluding hydrogens is 671 g/mol. The number of ether oxygens (including phenoxy) is 2. The van der Waals surface area contributed by atoms with Crippen molar-refractivity contribution in [1.29, 1.82) is 0 Å². The third-order valence-electron chi connectivity index (χ3n) is 7.71. The number of esters is 2. The summed E-state index contributed by atoms with van der Waals surface area (Å²) in [5, 5.41) is -1.93. The Bertz CT molecular complexity index is 945. The van der Waals surface area contributed by atoms with E-state index in [9.17, 15) is 31.0 Å². The summed E-state index contributed by atoms with van der Waals surface area (Å²) in [5.74, 6) is -1.93. The van der Waals surface area contributed by atoms with Crippen molar-refractivity contribution in [2.45, 2.75) is 187 Å². The van der Waals surface area contributed by atoms with Gasteiger partial charge in [0.2, 0.25) is 0 Å². The predicted molar refractivity (Wildman–Crippen MR) is 194 cm³/mol. The number of hydrogen-bond donors (Lipinski definition) is 2. The molecule has 0 aliphatic heterocycles. The van der Waals surface area contributed by atoms with Gasteiger partial charge in [0.1, 0.15) is 0 Å². The van der Waals surface area contributed by atoms with Gasteiger partial charge in [-0.2, -0.15) is 16.8 Å². The van der Waals surface area contributed by atoms with Crippen LogP contribution in [-0.2, 0) is 43.8 Å². The molecule has 2 N–H and O–H groups in total. The number of rotatable bonds is 32. The van der Waals surface area contributed by atoms with E-state index in [0.29, 0.717) is 19.3 Å². The Hall–Kier alpha value is -0.280. The van der Waals surface area contributed by atoms with Gasteiger partial charge in [0.25, 0.3) is 10.1 Å². The molecule has 0 saturated carbocycles. The molecule has 284 valence electrons. The molecule has 0 saturated heterocycles. The summed E-state index contributed by atoms with van der Waals surface area (Å²) in [6, 6.07) is 0. The topological polar surface area (TPSA) is 171 Å². The number of carbonyl (C=O) groups excluding carboxylic acids is 2. The molecule has 0 bridgehead atoms. The van der Waals surface area contributed by atoms with Crippen molar-refractivity contribution in [3.8, 4) is 0 Å². The van der Waals surface area contributed by atoms with Gasteiger partial charge >= 0.3 is 51.9 Å². The Morgan fingerprint density at radius 3 is 1.15 bits per heavy atom. The molecule has 0 aromatic carbocycles. The first-order valence-corrected chi connectivity index (χ1v) is 21.2. The predicted octanol–water partition coefficient (Wildman–Crippen LogP) is 8.30. The van der Waals surface area contributed by atoms with Gasteiger partial charge in [-0.1, -0.05) is 156 Å². The average Bonchev–Trinajstić information content (AvgIpc) is 3.00. The van der Waals surface area contributed by atoms with E-state index in [1.54, 1.807) is 0 Å². The zero-order chi connectivity index (χ0) is 35.7. The zero-order valence-corrected chi connectivity index (χ0v) is 31.4. The van der Waals surface area contributed by atoms with E-state index in [1.165, 1.54) is 64.2 Å². The third kappa shape index (κ3) is 40.2. The summed E-state index contributed by atoms with van der Waals surface area (Å²) < 4.78 is 75.2. The Labute approximate surface area is 315 Å². The van der Waals surface area contributed by atoms with E-state index >= 15 is 0 Å². The van der Waals surface area contributed by atoms with Crippen LogP contribution in [0.3, 0.4) is 0 Å². The van der Waals surface area contributed by atoms with Gasteiger partial charge in [0.05, 0.1) is 26.2 Å². The Morgan fingerprint density at radius 1 is 0.500 bits per heavy atom. The molecule has 0 aromatic rings. The van der Waals surface area contributed by atoms with Crippen LogP contribution in [-0.4, -0.2) is 92.5 Å². The van der Waals surface area contributed by atoms with E-state index in [4.69, 9.17) is 14.0 Å². The number of unbranched alkanes of at least 4 members (excludes halogenated alkanes) is 21. The van der Waals surface area contributed by atoms with Crippen LogP contribution in [0.25, 0.3) is 0 Å². The second-order valence-electron chi connectivity index (χ2n) is 12.3. The van der Waals surface area contributed by atoms with Crippen molar-refractivity contribution >= 4 is 62.0 Å². The fourth-order valence-electron chi connectivity index (χ4n) is 4.84. The molecule has 11 nitrogen and oxygen atoms in total. The summed E-state index contributed by atoms with van der Waals surface area (Å²) in [6.07, 6.45) is 26.0. The Morgan fingerprint density at radius 2 is 0.812 bits per heavy atom. The van der Waals surface area contributed by atoms with Crippen molar-refractivity contribution in [2.75, 3.05) is 19.8 Å². The SMILES string of the molecule is CCCCCCCCCCCCCCOS(=O)(=O)O.CCCCCCCCOC(=O)CC(C(=O)OCCCCCCCC)S(=O)(=O)O.[NaH]. The molecule has 1 atom stereocenters. The first kappa shape index (κ1) is 52.1. The van der Waals surface area contributed by atoms with E-state index < -0.39 is 44.1 Å². The fraction of sp³-hybridized carbons (Fsp3) is 0.941. The van der Waals surface area contributed by atoms with Crippen LogP contribution in [0.2, 0.25) is 0 Å². The molecule has 0 fully saturated rings. The standard InChI is InChI=1S/C20H38O7S.C14H30O4S.Na.H/c1-3-5-7-9-11-13-15-26-19(21)17-18(28(23,24)25)20(22)27-16-14-12-10-8-6-4-2;1-2-3-4-5-6-7-8-9-10-11-12-13-14-18-19(15,16)17;;/h18H,3-17H2,1-2H3,(H,23,24,25);2-14H2,1H3,(H,15,16,17);;. The van der Waals surface area contributed by atoms with Gasteiger partial charge in [-0.05, 0) is 19.3 Å². The second kappa shape index (κ2) is 36.5. The monoisotopic (exact) mass is 740 g/mol.